The van der Waals surface area contributed by atoms with E-state index in [-0.39, 0.29) is 11.4 Å². The van der Waals surface area contributed by atoms with E-state index in [9.17, 15) is 9.59 Å². The Morgan fingerprint density at radius 3 is 3.00 bits per heavy atom. The lowest BCUT2D eigenvalue weighted by atomic mass is 10.3. The summed E-state index contributed by atoms with van der Waals surface area (Å²) < 4.78 is 4.70. The smallest absolute Gasteiger partial charge is 0.308 e. The van der Waals surface area contributed by atoms with Gasteiger partial charge in [0.25, 0.3) is 0 Å². The number of aldehydes is 1. The van der Waals surface area contributed by atoms with Crippen molar-refractivity contribution in [2.75, 3.05) is 0 Å². The Balaban J connectivity index is 2.96. The number of carbonyl (C=O) groups is 2. The third kappa shape index (κ3) is 1.88. The van der Waals surface area contributed by atoms with Crippen molar-refractivity contribution in [3.63, 3.8) is 0 Å². The second-order valence-electron chi connectivity index (χ2n) is 2.10. The van der Waals surface area contributed by atoms with Gasteiger partial charge >= 0.3 is 5.97 Å². The summed E-state index contributed by atoms with van der Waals surface area (Å²) in [6.07, 6.45) is 2.00. The third-order valence-electron chi connectivity index (χ3n) is 1.17. The van der Waals surface area contributed by atoms with Crippen molar-refractivity contribution in [3.8, 4) is 5.75 Å². The third-order valence-corrected chi connectivity index (χ3v) is 1.17. The fraction of sp³-hybridized carbons (Fsp3) is 0.125. The molecule has 0 aliphatic heterocycles. The van der Waals surface area contributed by atoms with Gasteiger partial charge in [-0.15, -0.1) is 0 Å². The molecule has 0 aliphatic carbocycles. The SMILES string of the molecule is CC(=O)Oc1cccnc1C=O. The summed E-state index contributed by atoms with van der Waals surface area (Å²) in [5, 5.41) is 0. The van der Waals surface area contributed by atoms with E-state index in [0.29, 0.717) is 6.29 Å². The molecule has 4 heteroatoms. The Kier molecular flexibility index (Phi) is 2.53. The Labute approximate surface area is 69.2 Å². The minimum Gasteiger partial charge on any atom is -0.424 e. The molecule has 0 atom stereocenters. The fourth-order valence-corrected chi connectivity index (χ4v) is 0.732. The molecule has 0 amide bonds. The van der Waals surface area contributed by atoms with E-state index in [1.807, 2.05) is 0 Å². The van der Waals surface area contributed by atoms with Crippen molar-refractivity contribution in [2.45, 2.75) is 6.92 Å². The highest BCUT2D eigenvalue weighted by Crippen LogP contribution is 2.12. The predicted molar refractivity (Wildman–Crippen MR) is 40.9 cm³/mol. The summed E-state index contributed by atoms with van der Waals surface area (Å²) in [6, 6.07) is 3.10. The topological polar surface area (TPSA) is 56.3 Å². The second-order valence-corrected chi connectivity index (χ2v) is 2.10. The number of ether oxygens (including phenoxy) is 1. The fourth-order valence-electron chi connectivity index (χ4n) is 0.732. The standard InChI is InChI=1S/C8H7NO3/c1-6(11)12-8-3-2-4-9-7(8)5-10/h2-5H,1H3. The van der Waals surface area contributed by atoms with Crippen LogP contribution in [0, 0.1) is 0 Å². The number of aromatic nitrogens is 1. The average molecular weight is 165 g/mol. The van der Waals surface area contributed by atoms with Crippen molar-refractivity contribution in [1.29, 1.82) is 0 Å². The molecule has 0 saturated carbocycles. The minimum atomic E-state index is -0.467. The number of hydrogen-bond donors (Lipinski definition) is 0. The van der Waals surface area contributed by atoms with Gasteiger partial charge < -0.3 is 4.74 Å². The number of nitrogens with zero attached hydrogens (tertiary/aromatic N) is 1. The first-order valence-electron chi connectivity index (χ1n) is 3.32. The van der Waals surface area contributed by atoms with Crippen LogP contribution in [0.1, 0.15) is 17.4 Å². The number of rotatable bonds is 2. The van der Waals surface area contributed by atoms with Crippen LogP contribution in [0.2, 0.25) is 0 Å². The van der Waals surface area contributed by atoms with Gasteiger partial charge in [0.2, 0.25) is 0 Å². The molecule has 0 saturated heterocycles. The monoisotopic (exact) mass is 165 g/mol. The van der Waals surface area contributed by atoms with E-state index >= 15 is 0 Å². The number of hydrogen-bond acceptors (Lipinski definition) is 4. The molecule has 0 radical (unpaired) electrons. The maximum atomic E-state index is 10.5. The first kappa shape index (κ1) is 8.39. The van der Waals surface area contributed by atoms with Gasteiger partial charge in [0.15, 0.2) is 12.0 Å². The molecule has 12 heavy (non-hydrogen) atoms. The molecule has 1 aromatic rings. The lowest BCUT2D eigenvalue weighted by molar-refractivity contribution is -0.131. The van der Waals surface area contributed by atoms with Crippen LogP contribution < -0.4 is 4.74 Å². The van der Waals surface area contributed by atoms with Crippen LogP contribution in [-0.2, 0) is 4.79 Å². The van der Waals surface area contributed by atoms with Gasteiger partial charge in [0.1, 0.15) is 5.69 Å². The summed E-state index contributed by atoms with van der Waals surface area (Å²) >= 11 is 0. The normalized spacial score (nSPS) is 9.08. The van der Waals surface area contributed by atoms with Crippen molar-refractivity contribution in [2.24, 2.45) is 0 Å². The Hall–Kier alpha value is -1.71. The van der Waals surface area contributed by atoms with Crippen LogP contribution in [0.25, 0.3) is 0 Å². The second kappa shape index (κ2) is 3.61. The summed E-state index contributed by atoms with van der Waals surface area (Å²) in [4.78, 5) is 24.6. The van der Waals surface area contributed by atoms with Crippen LogP contribution in [0.4, 0.5) is 0 Å². The highest BCUT2D eigenvalue weighted by molar-refractivity contribution is 5.79. The zero-order valence-corrected chi connectivity index (χ0v) is 6.48. The van der Waals surface area contributed by atoms with Crippen LogP contribution in [-0.4, -0.2) is 17.2 Å². The van der Waals surface area contributed by atoms with Crippen LogP contribution >= 0.6 is 0 Å². The molecule has 0 unspecified atom stereocenters. The number of pyridine rings is 1. The molecular weight excluding hydrogens is 158 g/mol. The molecule has 1 aromatic heterocycles. The molecule has 0 aliphatic rings. The van der Waals surface area contributed by atoms with Crippen LogP contribution in [0.15, 0.2) is 18.3 Å². The molecule has 1 heterocycles. The van der Waals surface area contributed by atoms with Gasteiger partial charge in [-0.2, -0.15) is 0 Å². The maximum Gasteiger partial charge on any atom is 0.308 e. The maximum absolute atomic E-state index is 10.5. The zero-order valence-electron chi connectivity index (χ0n) is 6.48. The van der Waals surface area contributed by atoms with Crippen molar-refractivity contribution >= 4 is 12.3 Å². The van der Waals surface area contributed by atoms with Gasteiger partial charge in [-0.05, 0) is 12.1 Å². The van der Waals surface area contributed by atoms with E-state index in [2.05, 4.69) is 4.98 Å². The molecule has 4 nitrogen and oxygen atoms in total. The summed E-state index contributed by atoms with van der Waals surface area (Å²) in [7, 11) is 0. The molecule has 62 valence electrons. The van der Waals surface area contributed by atoms with Crippen LogP contribution in [0.5, 0.6) is 5.75 Å². The zero-order chi connectivity index (χ0) is 8.97. The highest BCUT2D eigenvalue weighted by Gasteiger charge is 2.04. The minimum absolute atomic E-state index is 0.132. The van der Waals surface area contributed by atoms with Crippen molar-refractivity contribution < 1.29 is 14.3 Å². The molecule has 0 fully saturated rings. The van der Waals surface area contributed by atoms with E-state index in [4.69, 9.17) is 4.74 Å². The van der Waals surface area contributed by atoms with Gasteiger partial charge in [0, 0.05) is 13.1 Å². The number of carbonyl (C=O) groups excluding carboxylic acids is 2. The quantitative estimate of drug-likeness (QED) is 0.481. The first-order chi connectivity index (χ1) is 5.74. The van der Waals surface area contributed by atoms with Gasteiger partial charge in [0.05, 0.1) is 0 Å². The first-order valence-corrected chi connectivity index (χ1v) is 3.32. The Bertz CT molecular complexity index is 309. The van der Waals surface area contributed by atoms with Crippen LogP contribution in [0.3, 0.4) is 0 Å². The molecule has 0 bridgehead atoms. The van der Waals surface area contributed by atoms with E-state index in [1.165, 1.54) is 19.2 Å². The van der Waals surface area contributed by atoms with Gasteiger partial charge in [-0.3, -0.25) is 9.59 Å². The van der Waals surface area contributed by atoms with Gasteiger partial charge in [-0.25, -0.2) is 4.98 Å². The number of esters is 1. The Morgan fingerprint density at radius 1 is 1.67 bits per heavy atom. The molecule has 0 N–H and O–H groups in total. The largest absolute Gasteiger partial charge is 0.424 e. The molecular formula is C8H7NO3. The lowest BCUT2D eigenvalue weighted by Gasteiger charge is -2.01. The summed E-state index contributed by atoms with van der Waals surface area (Å²) in [5.74, 6) is -0.272. The molecule has 0 aromatic carbocycles. The highest BCUT2D eigenvalue weighted by atomic mass is 16.5. The predicted octanol–water partition coefficient (Wildman–Crippen LogP) is 0.819. The average Bonchev–Trinajstić information content (AvgIpc) is 2.04. The van der Waals surface area contributed by atoms with E-state index < -0.39 is 5.97 Å². The summed E-state index contributed by atoms with van der Waals surface area (Å²) in [5.41, 5.74) is 0.132. The lowest BCUT2D eigenvalue weighted by Crippen LogP contribution is -2.04. The van der Waals surface area contributed by atoms with Crippen molar-refractivity contribution in [3.05, 3.63) is 24.0 Å². The molecule has 0 spiro atoms. The van der Waals surface area contributed by atoms with Crippen molar-refractivity contribution in [1.82, 2.24) is 4.98 Å². The van der Waals surface area contributed by atoms with Gasteiger partial charge in [-0.1, -0.05) is 0 Å². The Morgan fingerprint density at radius 2 is 2.42 bits per heavy atom. The molecule has 1 rings (SSSR count). The van der Waals surface area contributed by atoms with E-state index in [0.717, 1.165) is 0 Å². The van der Waals surface area contributed by atoms with E-state index in [1.54, 1.807) is 6.07 Å². The summed E-state index contributed by atoms with van der Waals surface area (Å²) in [6.45, 7) is 1.27.